The minimum atomic E-state index is -0.103. The summed E-state index contributed by atoms with van der Waals surface area (Å²) in [6.45, 7) is 2.74. The molecular weight excluding hydrogens is 398 g/mol. The molecule has 1 amide bonds. The first-order chi connectivity index (χ1) is 14.5. The number of nitrogens with zero attached hydrogens (tertiary/aromatic N) is 1. The summed E-state index contributed by atoms with van der Waals surface area (Å²) in [5.74, 6) is 0.693. The number of hydrogen-bond acceptors (Lipinski definition) is 4. The molecule has 2 N–H and O–H groups in total. The molecule has 0 spiro atoms. The third-order valence-corrected chi connectivity index (χ3v) is 4.98. The maximum atomic E-state index is 12.0. The monoisotopic (exact) mass is 423 g/mol. The van der Waals surface area contributed by atoms with Gasteiger partial charge in [-0.2, -0.15) is 0 Å². The summed E-state index contributed by atoms with van der Waals surface area (Å²) >= 11 is 5.86. The highest BCUT2D eigenvalue weighted by molar-refractivity contribution is 6.30. The van der Waals surface area contributed by atoms with Crippen molar-refractivity contribution < 1.29 is 9.53 Å². The highest BCUT2D eigenvalue weighted by Gasteiger charge is 2.09. The van der Waals surface area contributed by atoms with E-state index >= 15 is 0 Å². The van der Waals surface area contributed by atoms with Gasteiger partial charge in [0.1, 0.15) is 5.75 Å². The van der Waals surface area contributed by atoms with E-state index in [1.54, 1.807) is 37.6 Å². The van der Waals surface area contributed by atoms with E-state index in [4.69, 9.17) is 16.3 Å². The van der Waals surface area contributed by atoms with Crippen LogP contribution in [0, 0.1) is 0 Å². The van der Waals surface area contributed by atoms with Crippen LogP contribution in [0.2, 0.25) is 5.02 Å². The fraction of sp³-hybridized carbons (Fsp3) is 0.250. The third kappa shape index (κ3) is 6.22. The average molecular weight is 424 g/mol. The number of halogens is 1. The molecule has 30 heavy (non-hydrogen) atoms. The smallest absolute Gasteiger partial charge is 0.243 e. The van der Waals surface area contributed by atoms with Crippen LogP contribution in [0.5, 0.6) is 5.75 Å². The highest BCUT2D eigenvalue weighted by Crippen LogP contribution is 2.28. The predicted molar refractivity (Wildman–Crippen MR) is 124 cm³/mol. The van der Waals surface area contributed by atoms with Crippen LogP contribution in [0.1, 0.15) is 25.3 Å². The molecule has 0 saturated carbocycles. The number of fused-ring (bicyclic) bond motifs is 1. The minimum Gasteiger partial charge on any atom is -0.497 e. The van der Waals surface area contributed by atoms with Crippen LogP contribution in [0.4, 0.5) is 5.69 Å². The fourth-order valence-electron chi connectivity index (χ4n) is 3.15. The summed E-state index contributed by atoms with van der Waals surface area (Å²) in [7, 11) is 1.66. The molecular formula is C24H26ClN3O2. The molecule has 3 rings (SSSR count). The van der Waals surface area contributed by atoms with Crippen LogP contribution in [0.3, 0.4) is 0 Å². The maximum absolute atomic E-state index is 12.0. The first-order valence-electron chi connectivity index (χ1n) is 9.96. The van der Waals surface area contributed by atoms with Gasteiger partial charge in [0.2, 0.25) is 5.91 Å². The van der Waals surface area contributed by atoms with E-state index in [9.17, 15) is 4.79 Å². The predicted octanol–water partition coefficient (Wildman–Crippen LogP) is 5.31. The van der Waals surface area contributed by atoms with E-state index in [1.165, 1.54) is 0 Å². The van der Waals surface area contributed by atoms with Crippen LogP contribution >= 0.6 is 11.6 Å². The van der Waals surface area contributed by atoms with Gasteiger partial charge in [0, 0.05) is 41.3 Å². The summed E-state index contributed by atoms with van der Waals surface area (Å²) < 4.78 is 5.40. The number of nitrogens with one attached hydrogen (secondary N) is 2. The minimum absolute atomic E-state index is 0.103. The lowest BCUT2D eigenvalue weighted by molar-refractivity contribution is -0.116. The maximum Gasteiger partial charge on any atom is 0.243 e. The van der Waals surface area contributed by atoms with Crippen molar-refractivity contribution >= 4 is 40.2 Å². The topological polar surface area (TPSA) is 63.2 Å². The summed E-state index contributed by atoms with van der Waals surface area (Å²) in [4.78, 5) is 16.5. The Labute approximate surface area is 182 Å². The summed E-state index contributed by atoms with van der Waals surface area (Å²) in [5, 5.41) is 8.15. The number of rotatable bonds is 9. The molecule has 156 valence electrons. The van der Waals surface area contributed by atoms with Gasteiger partial charge in [0.25, 0.3) is 0 Å². The lowest BCUT2D eigenvalue weighted by atomic mass is 10.1. The van der Waals surface area contributed by atoms with Crippen LogP contribution < -0.4 is 15.4 Å². The van der Waals surface area contributed by atoms with Crippen molar-refractivity contribution in [1.82, 2.24) is 10.3 Å². The van der Waals surface area contributed by atoms with Gasteiger partial charge in [-0.15, -0.1) is 0 Å². The van der Waals surface area contributed by atoms with Crippen molar-refractivity contribution in [2.24, 2.45) is 0 Å². The number of amides is 1. The van der Waals surface area contributed by atoms with Crippen LogP contribution in [0.15, 0.2) is 60.8 Å². The standard InChI is InChI=1S/C24H26ClN3O2/c1-17(28-22-16-21(30-2)15-19-6-4-14-27-24(19)22)5-3-13-26-23(29)12-9-18-7-10-20(25)11-8-18/h4,6-12,14-17,28H,3,5,13H2,1-2H3,(H,26,29)/b12-9+. The lowest BCUT2D eigenvalue weighted by Gasteiger charge is -2.17. The number of ether oxygens (including phenoxy) is 1. The largest absolute Gasteiger partial charge is 0.497 e. The summed E-state index contributed by atoms with van der Waals surface area (Å²) in [5.41, 5.74) is 2.81. The van der Waals surface area contributed by atoms with Gasteiger partial charge >= 0.3 is 0 Å². The van der Waals surface area contributed by atoms with E-state index < -0.39 is 0 Å². The third-order valence-electron chi connectivity index (χ3n) is 4.73. The Morgan fingerprint density at radius 1 is 1.23 bits per heavy atom. The molecule has 1 unspecified atom stereocenters. The molecule has 6 heteroatoms. The van der Waals surface area contributed by atoms with Crippen molar-refractivity contribution in [3.05, 3.63) is 71.4 Å². The van der Waals surface area contributed by atoms with E-state index in [2.05, 4.69) is 22.5 Å². The second kappa shape index (κ2) is 10.6. The number of methoxy groups -OCH3 is 1. The van der Waals surface area contributed by atoms with E-state index in [-0.39, 0.29) is 11.9 Å². The lowest BCUT2D eigenvalue weighted by Crippen LogP contribution is -2.24. The molecule has 0 aliphatic rings. The molecule has 0 aliphatic carbocycles. The Hall–Kier alpha value is -3.05. The van der Waals surface area contributed by atoms with E-state index in [0.29, 0.717) is 11.6 Å². The Morgan fingerprint density at radius 3 is 2.80 bits per heavy atom. The molecule has 5 nitrogen and oxygen atoms in total. The molecule has 1 heterocycles. The van der Waals surface area contributed by atoms with Crippen molar-refractivity contribution in [1.29, 1.82) is 0 Å². The van der Waals surface area contributed by atoms with Gasteiger partial charge in [0.05, 0.1) is 18.3 Å². The van der Waals surface area contributed by atoms with Crippen molar-refractivity contribution in [2.75, 3.05) is 19.0 Å². The Kier molecular flexibility index (Phi) is 7.69. The SMILES string of the molecule is COc1cc(NC(C)CCCNC(=O)/C=C/c2ccc(Cl)cc2)c2ncccc2c1. The quantitative estimate of drug-likeness (QED) is 0.361. The molecule has 0 saturated heterocycles. The van der Waals surface area contributed by atoms with Gasteiger partial charge in [-0.1, -0.05) is 29.8 Å². The van der Waals surface area contributed by atoms with Gasteiger partial charge < -0.3 is 15.4 Å². The van der Waals surface area contributed by atoms with Crippen LogP contribution in [-0.2, 0) is 4.79 Å². The zero-order valence-corrected chi connectivity index (χ0v) is 17.9. The van der Waals surface area contributed by atoms with E-state index in [1.807, 2.05) is 36.4 Å². The Morgan fingerprint density at radius 2 is 2.03 bits per heavy atom. The normalized spacial score (nSPS) is 12.1. The van der Waals surface area contributed by atoms with Crippen LogP contribution in [0.25, 0.3) is 17.0 Å². The van der Waals surface area contributed by atoms with Crippen molar-refractivity contribution in [3.8, 4) is 5.75 Å². The second-order valence-electron chi connectivity index (χ2n) is 7.11. The number of benzene rings is 2. The Bertz CT molecular complexity index is 1020. The average Bonchev–Trinajstić information content (AvgIpc) is 2.76. The number of pyridine rings is 1. The van der Waals surface area contributed by atoms with Crippen molar-refractivity contribution in [3.63, 3.8) is 0 Å². The van der Waals surface area contributed by atoms with Crippen LogP contribution in [-0.4, -0.2) is 30.6 Å². The molecule has 1 aromatic heterocycles. The number of carbonyl (C=O) groups is 1. The van der Waals surface area contributed by atoms with Crippen molar-refractivity contribution in [2.45, 2.75) is 25.8 Å². The Balaban J connectivity index is 1.46. The van der Waals surface area contributed by atoms with Gasteiger partial charge in [0.15, 0.2) is 0 Å². The molecule has 0 aliphatic heterocycles. The molecule has 1 atom stereocenters. The van der Waals surface area contributed by atoms with Gasteiger partial charge in [-0.25, -0.2) is 0 Å². The fourth-order valence-corrected chi connectivity index (χ4v) is 3.28. The molecule has 0 fully saturated rings. The molecule has 3 aromatic rings. The number of aromatic nitrogens is 1. The zero-order chi connectivity index (χ0) is 21.3. The first-order valence-corrected chi connectivity index (χ1v) is 10.3. The zero-order valence-electron chi connectivity index (χ0n) is 17.2. The molecule has 0 radical (unpaired) electrons. The highest BCUT2D eigenvalue weighted by atomic mass is 35.5. The molecule has 2 aromatic carbocycles. The summed E-state index contributed by atoms with van der Waals surface area (Å²) in [6, 6.07) is 15.5. The summed E-state index contributed by atoms with van der Waals surface area (Å²) in [6.07, 6.45) is 6.88. The number of carbonyl (C=O) groups excluding carboxylic acids is 1. The van der Waals surface area contributed by atoms with Gasteiger partial charge in [-0.05, 0) is 55.7 Å². The van der Waals surface area contributed by atoms with Gasteiger partial charge in [-0.3, -0.25) is 9.78 Å². The first kappa shape index (κ1) is 21.7. The number of anilines is 1. The van der Waals surface area contributed by atoms with E-state index in [0.717, 1.165) is 40.7 Å². The molecule has 0 bridgehead atoms. The second-order valence-corrected chi connectivity index (χ2v) is 7.55. The number of hydrogen-bond donors (Lipinski definition) is 2.